The van der Waals surface area contributed by atoms with Crippen molar-refractivity contribution in [2.75, 3.05) is 32.8 Å². The van der Waals surface area contributed by atoms with Crippen molar-refractivity contribution in [1.82, 2.24) is 10.2 Å². The van der Waals surface area contributed by atoms with Gasteiger partial charge in [-0.15, -0.1) is 0 Å². The van der Waals surface area contributed by atoms with Crippen LogP contribution in [-0.2, 0) is 9.53 Å². The van der Waals surface area contributed by atoms with Crippen LogP contribution in [0.3, 0.4) is 0 Å². The summed E-state index contributed by atoms with van der Waals surface area (Å²) in [5.74, 6) is -0.186. The van der Waals surface area contributed by atoms with Gasteiger partial charge in [-0.1, -0.05) is 0 Å². The number of nitrogens with two attached hydrogens (primary N) is 1. The smallest absolute Gasteiger partial charge is 0.238 e. The predicted molar refractivity (Wildman–Crippen MR) is 65.6 cm³/mol. The monoisotopic (exact) mass is 241 g/mol. The topological polar surface area (TPSA) is 67.6 Å². The number of primary amides is 1. The molecular formula is C12H23N3O2. The van der Waals surface area contributed by atoms with Crippen LogP contribution in [0.4, 0.5) is 0 Å². The molecule has 0 aromatic carbocycles. The first-order chi connectivity index (χ1) is 8.15. The number of amides is 1. The minimum Gasteiger partial charge on any atom is -0.378 e. The summed E-state index contributed by atoms with van der Waals surface area (Å²) in [4.78, 5) is 14.2. The molecule has 0 aromatic rings. The predicted octanol–water partition coefficient (Wildman–Crippen LogP) is -0.295. The van der Waals surface area contributed by atoms with Gasteiger partial charge in [-0.2, -0.15) is 0 Å². The third-order valence-corrected chi connectivity index (χ3v) is 3.95. The van der Waals surface area contributed by atoms with Crippen molar-refractivity contribution in [2.24, 2.45) is 5.73 Å². The molecular weight excluding hydrogens is 218 g/mol. The third kappa shape index (κ3) is 2.61. The van der Waals surface area contributed by atoms with E-state index >= 15 is 0 Å². The Kier molecular flexibility index (Phi) is 4.01. The quantitative estimate of drug-likeness (QED) is 0.697. The van der Waals surface area contributed by atoms with Crippen LogP contribution in [0, 0.1) is 0 Å². The molecule has 1 amide bonds. The second-order valence-corrected chi connectivity index (χ2v) is 5.12. The Labute approximate surface area is 103 Å². The molecule has 0 aromatic heterocycles. The fraction of sp³-hybridized carbons (Fsp3) is 0.917. The molecule has 5 nitrogen and oxygen atoms in total. The van der Waals surface area contributed by atoms with E-state index in [1.807, 2.05) is 6.92 Å². The number of hydrogen-bond acceptors (Lipinski definition) is 4. The first-order valence-corrected chi connectivity index (χ1v) is 6.52. The van der Waals surface area contributed by atoms with Crippen molar-refractivity contribution < 1.29 is 9.53 Å². The molecule has 17 heavy (non-hydrogen) atoms. The second-order valence-electron chi connectivity index (χ2n) is 5.12. The van der Waals surface area contributed by atoms with Crippen LogP contribution >= 0.6 is 0 Å². The van der Waals surface area contributed by atoms with E-state index in [2.05, 4.69) is 10.2 Å². The number of carbonyl (C=O) groups is 1. The van der Waals surface area contributed by atoms with E-state index in [0.29, 0.717) is 6.61 Å². The van der Waals surface area contributed by atoms with E-state index in [-0.39, 0.29) is 12.0 Å². The Bertz CT molecular complexity index is 277. The summed E-state index contributed by atoms with van der Waals surface area (Å²) in [6.07, 6.45) is 2.65. The van der Waals surface area contributed by atoms with Gasteiger partial charge in [-0.25, -0.2) is 0 Å². The average molecular weight is 241 g/mol. The van der Waals surface area contributed by atoms with Crippen molar-refractivity contribution in [2.45, 2.75) is 37.8 Å². The molecule has 2 unspecified atom stereocenters. The first-order valence-electron chi connectivity index (χ1n) is 6.52. The van der Waals surface area contributed by atoms with Gasteiger partial charge in [-0.3, -0.25) is 9.69 Å². The van der Waals surface area contributed by atoms with Gasteiger partial charge >= 0.3 is 0 Å². The van der Waals surface area contributed by atoms with E-state index in [1.165, 1.54) is 0 Å². The lowest BCUT2D eigenvalue weighted by Crippen LogP contribution is -2.62. The summed E-state index contributed by atoms with van der Waals surface area (Å²) in [5, 5.41) is 3.36. The van der Waals surface area contributed by atoms with Crippen molar-refractivity contribution >= 4 is 5.91 Å². The fourth-order valence-corrected chi connectivity index (χ4v) is 3.01. The highest BCUT2D eigenvalue weighted by molar-refractivity contribution is 5.84. The van der Waals surface area contributed by atoms with Crippen LogP contribution in [0.15, 0.2) is 0 Å². The molecule has 2 atom stereocenters. The number of carbonyl (C=O) groups excluding carboxylic acids is 1. The summed E-state index contributed by atoms with van der Waals surface area (Å²) in [5.41, 5.74) is 5.21. The Morgan fingerprint density at radius 2 is 2.29 bits per heavy atom. The zero-order chi connectivity index (χ0) is 12.3. The molecule has 2 rings (SSSR count). The molecule has 98 valence electrons. The van der Waals surface area contributed by atoms with E-state index in [0.717, 1.165) is 45.4 Å². The summed E-state index contributed by atoms with van der Waals surface area (Å²) in [6.45, 7) is 6.46. The van der Waals surface area contributed by atoms with Gasteiger partial charge in [0.05, 0.1) is 6.10 Å². The zero-order valence-corrected chi connectivity index (χ0v) is 10.6. The molecule has 2 fully saturated rings. The highest BCUT2D eigenvalue weighted by atomic mass is 16.5. The maximum Gasteiger partial charge on any atom is 0.238 e. The van der Waals surface area contributed by atoms with Crippen molar-refractivity contribution in [3.63, 3.8) is 0 Å². The number of hydrogen-bond donors (Lipinski definition) is 2. The van der Waals surface area contributed by atoms with Gasteiger partial charge in [-0.05, 0) is 26.3 Å². The maximum atomic E-state index is 11.9. The van der Waals surface area contributed by atoms with Gasteiger partial charge in [0.15, 0.2) is 0 Å². The normalized spacial score (nSPS) is 36.4. The van der Waals surface area contributed by atoms with E-state index in [1.54, 1.807) is 0 Å². The molecule has 2 saturated heterocycles. The van der Waals surface area contributed by atoms with Crippen LogP contribution in [-0.4, -0.2) is 55.2 Å². The van der Waals surface area contributed by atoms with Crippen LogP contribution in [0.2, 0.25) is 0 Å². The molecule has 5 heteroatoms. The lowest BCUT2D eigenvalue weighted by atomic mass is 9.84. The standard InChI is InChI=1S/C12H23N3O2/c1-10-9-12(11(13)16,3-8-17-10)15-6-2-4-14-5-7-15/h10,14H,2-9H2,1H3,(H2,13,16). The molecule has 3 N–H and O–H groups in total. The van der Waals surface area contributed by atoms with Gasteiger partial charge in [0.25, 0.3) is 0 Å². The Morgan fingerprint density at radius 1 is 1.47 bits per heavy atom. The van der Waals surface area contributed by atoms with E-state index in [9.17, 15) is 4.79 Å². The second kappa shape index (κ2) is 5.33. The Balaban J connectivity index is 2.16. The van der Waals surface area contributed by atoms with E-state index < -0.39 is 5.54 Å². The molecule has 2 aliphatic rings. The highest BCUT2D eigenvalue weighted by Crippen LogP contribution is 2.31. The van der Waals surface area contributed by atoms with Crippen LogP contribution in [0.1, 0.15) is 26.2 Å². The summed E-state index contributed by atoms with van der Waals surface area (Å²) in [6, 6.07) is 0. The molecule has 0 bridgehead atoms. The lowest BCUT2D eigenvalue weighted by molar-refractivity contribution is -0.141. The molecule has 0 radical (unpaired) electrons. The van der Waals surface area contributed by atoms with Gasteiger partial charge in [0.2, 0.25) is 5.91 Å². The molecule has 0 aliphatic carbocycles. The third-order valence-electron chi connectivity index (χ3n) is 3.95. The van der Waals surface area contributed by atoms with Gasteiger partial charge < -0.3 is 15.8 Å². The highest BCUT2D eigenvalue weighted by Gasteiger charge is 2.45. The minimum atomic E-state index is -0.482. The van der Waals surface area contributed by atoms with Gasteiger partial charge in [0.1, 0.15) is 5.54 Å². The Hall–Kier alpha value is -0.650. The lowest BCUT2D eigenvalue weighted by Gasteiger charge is -2.45. The Morgan fingerprint density at radius 3 is 3.00 bits per heavy atom. The number of rotatable bonds is 2. The van der Waals surface area contributed by atoms with Crippen molar-refractivity contribution in [1.29, 1.82) is 0 Å². The van der Waals surface area contributed by atoms with E-state index in [4.69, 9.17) is 10.5 Å². The van der Waals surface area contributed by atoms with Crippen molar-refractivity contribution in [3.8, 4) is 0 Å². The summed E-state index contributed by atoms with van der Waals surface area (Å²) in [7, 11) is 0. The number of ether oxygens (including phenoxy) is 1. The van der Waals surface area contributed by atoms with Gasteiger partial charge in [0, 0.05) is 32.7 Å². The molecule has 2 aliphatic heterocycles. The minimum absolute atomic E-state index is 0.118. The summed E-state index contributed by atoms with van der Waals surface area (Å²) < 4.78 is 5.56. The van der Waals surface area contributed by atoms with Crippen molar-refractivity contribution in [3.05, 3.63) is 0 Å². The maximum absolute atomic E-state index is 11.9. The molecule has 2 heterocycles. The summed E-state index contributed by atoms with van der Waals surface area (Å²) >= 11 is 0. The first kappa shape index (κ1) is 12.8. The van der Waals surface area contributed by atoms with Crippen LogP contribution < -0.4 is 11.1 Å². The SMILES string of the molecule is CC1CC(C(N)=O)(N2CCCNCC2)CCO1. The number of nitrogens with one attached hydrogen (secondary N) is 1. The number of nitrogens with zero attached hydrogens (tertiary/aromatic N) is 1. The van der Waals surface area contributed by atoms with Crippen LogP contribution in [0.25, 0.3) is 0 Å². The largest absolute Gasteiger partial charge is 0.378 e. The average Bonchev–Trinajstić information content (AvgIpc) is 2.57. The molecule has 0 spiro atoms. The van der Waals surface area contributed by atoms with Crippen LogP contribution in [0.5, 0.6) is 0 Å². The zero-order valence-electron chi connectivity index (χ0n) is 10.6. The molecule has 0 saturated carbocycles. The fourth-order valence-electron chi connectivity index (χ4n) is 3.01.